The number of rotatable bonds is 9. The number of nitrogens with one attached hydrogen (secondary N) is 2. The van der Waals surface area contributed by atoms with Crippen LogP contribution >= 0.6 is 23.1 Å². The smallest absolute Gasteiger partial charge is 0.263 e. The Morgan fingerprint density at radius 3 is 2.71 bits per heavy atom. The van der Waals surface area contributed by atoms with Crippen LogP contribution in [-0.2, 0) is 4.74 Å². The van der Waals surface area contributed by atoms with Crippen LogP contribution < -0.4 is 16.4 Å². The van der Waals surface area contributed by atoms with Crippen molar-refractivity contribution >= 4 is 39.7 Å². The molecule has 0 aliphatic carbocycles. The van der Waals surface area contributed by atoms with Gasteiger partial charge in [-0.15, -0.1) is 23.1 Å². The molecule has 0 aliphatic rings. The van der Waals surface area contributed by atoms with Crippen molar-refractivity contribution in [3.63, 3.8) is 0 Å². The summed E-state index contributed by atoms with van der Waals surface area (Å²) in [4.78, 5) is 13.3. The molecule has 1 amide bonds. The highest BCUT2D eigenvalue weighted by Crippen LogP contribution is 2.41. The Hall–Kier alpha value is -0.920. The number of carbonyl (C=O) groups excluding carboxylic acids is 1. The third-order valence-corrected chi connectivity index (χ3v) is 4.97. The molecular weight excluding hydrogens is 306 g/mol. The highest BCUT2D eigenvalue weighted by molar-refractivity contribution is 7.99. The van der Waals surface area contributed by atoms with Gasteiger partial charge in [0.1, 0.15) is 9.88 Å². The third kappa shape index (κ3) is 5.41. The minimum absolute atomic E-state index is 0.133. The second-order valence-corrected chi connectivity index (χ2v) is 6.68. The molecule has 0 bridgehead atoms. The number of ether oxygens (including phenoxy) is 1. The number of nitrogens with two attached hydrogens (primary N) is 1. The van der Waals surface area contributed by atoms with Gasteiger partial charge < -0.3 is 21.1 Å². The third-order valence-electron chi connectivity index (χ3n) is 2.84. The topological polar surface area (TPSA) is 76.4 Å². The lowest BCUT2D eigenvalue weighted by Crippen LogP contribution is -2.17. The number of unbranched alkanes of at least 4 members (excludes halogenated alkanes) is 1. The molecule has 0 unspecified atom stereocenters. The Kier molecular flexibility index (Phi) is 7.92. The maximum Gasteiger partial charge on any atom is 0.263 e. The Morgan fingerprint density at radius 2 is 2.14 bits per heavy atom. The minimum atomic E-state index is -0.133. The molecule has 0 aliphatic heterocycles. The first kappa shape index (κ1) is 18.1. The minimum Gasteiger partial charge on any atom is -0.396 e. The molecule has 0 saturated carbocycles. The van der Waals surface area contributed by atoms with E-state index in [1.54, 1.807) is 18.8 Å². The van der Waals surface area contributed by atoms with Gasteiger partial charge in [-0.3, -0.25) is 4.79 Å². The van der Waals surface area contributed by atoms with Gasteiger partial charge in [0, 0.05) is 20.2 Å². The molecule has 5 nitrogen and oxygen atoms in total. The Labute approximate surface area is 135 Å². The first-order valence-electron chi connectivity index (χ1n) is 7.05. The van der Waals surface area contributed by atoms with Gasteiger partial charge in [-0.05, 0) is 32.9 Å². The molecule has 0 atom stereocenters. The van der Waals surface area contributed by atoms with Crippen molar-refractivity contribution in [3.8, 4) is 0 Å². The van der Waals surface area contributed by atoms with Gasteiger partial charge in [0.05, 0.1) is 16.7 Å². The summed E-state index contributed by atoms with van der Waals surface area (Å²) in [5.74, 6) is -0.133. The molecule has 0 fully saturated rings. The van der Waals surface area contributed by atoms with E-state index in [1.807, 2.05) is 20.1 Å². The highest BCUT2D eigenvalue weighted by atomic mass is 32.2. The van der Waals surface area contributed by atoms with E-state index in [0.29, 0.717) is 10.6 Å². The van der Waals surface area contributed by atoms with Gasteiger partial charge in [0.25, 0.3) is 5.91 Å². The second kappa shape index (κ2) is 9.17. The van der Waals surface area contributed by atoms with Gasteiger partial charge in [-0.2, -0.15) is 0 Å². The zero-order chi connectivity index (χ0) is 15.8. The fourth-order valence-electron chi connectivity index (χ4n) is 1.78. The van der Waals surface area contributed by atoms with Crippen molar-refractivity contribution in [2.75, 3.05) is 37.5 Å². The molecule has 1 heterocycles. The molecule has 7 heteroatoms. The number of amides is 1. The van der Waals surface area contributed by atoms with E-state index in [-0.39, 0.29) is 12.0 Å². The second-order valence-electron chi connectivity index (χ2n) is 4.84. The molecule has 0 spiro atoms. The van der Waals surface area contributed by atoms with Crippen LogP contribution in [0.2, 0.25) is 0 Å². The fourth-order valence-corrected chi connectivity index (χ4v) is 3.78. The van der Waals surface area contributed by atoms with Gasteiger partial charge in [0.2, 0.25) is 0 Å². The summed E-state index contributed by atoms with van der Waals surface area (Å²) in [6.07, 6.45) is 4.29. The van der Waals surface area contributed by atoms with Crippen LogP contribution in [0, 0.1) is 0 Å². The van der Waals surface area contributed by atoms with Crippen LogP contribution in [0.25, 0.3) is 0 Å². The van der Waals surface area contributed by atoms with Crippen molar-refractivity contribution in [2.45, 2.75) is 37.7 Å². The first-order valence-corrected chi connectivity index (χ1v) is 9.09. The molecule has 120 valence electrons. The van der Waals surface area contributed by atoms with Gasteiger partial charge in [-0.25, -0.2) is 0 Å². The molecule has 0 saturated heterocycles. The summed E-state index contributed by atoms with van der Waals surface area (Å²) in [5, 5.41) is 6.97. The summed E-state index contributed by atoms with van der Waals surface area (Å²) in [6.45, 7) is 5.71. The van der Waals surface area contributed by atoms with E-state index in [0.717, 1.165) is 35.9 Å². The van der Waals surface area contributed by atoms with Crippen molar-refractivity contribution in [2.24, 2.45) is 0 Å². The molecule has 1 aromatic rings. The van der Waals surface area contributed by atoms with Crippen LogP contribution in [0.4, 0.5) is 10.7 Å². The summed E-state index contributed by atoms with van der Waals surface area (Å²) < 4.78 is 5.51. The van der Waals surface area contributed by atoms with Crippen LogP contribution in [0.1, 0.15) is 36.4 Å². The lowest BCUT2D eigenvalue weighted by Gasteiger charge is -2.08. The summed E-state index contributed by atoms with van der Waals surface area (Å²) >= 11 is 2.97. The Balaban J connectivity index is 2.53. The fraction of sp³-hybridized carbons (Fsp3) is 0.643. The van der Waals surface area contributed by atoms with Crippen LogP contribution in [0.3, 0.4) is 0 Å². The van der Waals surface area contributed by atoms with Gasteiger partial charge in [-0.1, -0.05) is 0 Å². The zero-order valence-electron chi connectivity index (χ0n) is 13.1. The molecule has 1 rings (SSSR count). The average molecular weight is 332 g/mol. The van der Waals surface area contributed by atoms with Crippen LogP contribution in [-0.4, -0.2) is 38.5 Å². The zero-order valence-corrected chi connectivity index (χ0v) is 14.7. The molecular formula is C14H25N3O2S2. The van der Waals surface area contributed by atoms with Crippen molar-refractivity contribution in [1.82, 2.24) is 5.32 Å². The monoisotopic (exact) mass is 331 g/mol. The van der Waals surface area contributed by atoms with Gasteiger partial charge in [0.15, 0.2) is 0 Å². The Morgan fingerprint density at radius 1 is 1.43 bits per heavy atom. The van der Waals surface area contributed by atoms with Crippen molar-refractivity contribution < 1.29 is 9.53 Å². The molecule has 0 aromatic carbocycles. The number of anilines is 2. The standard InChI is InChI=1S/C14H25N3O2S2/c1-9(2)19-8-6-5-7-17-14-12(20-4)10(15)11(21-14)13(18)16-3/h9,17H,5-8,15H2,1-4H3,(H,16,18). The number of nitrogen functional groups attached to an aromatic ring is 1. The summed E-state index contributed by atoms with van der Waals surface area (Å²) in [7, 11) is 1.61. The van der Waals surface area contributed by atoms with E-state index < -0.39 is 0 Å². The molecule has 1 aromatic heterocycles. The number of hydrogen-bond acceptors (Lipinski definition) is 6. The average Bonchev–Trinajstić information content (AvgIpc) is 2.77. The SMILES string of the molecule is CNC(=O)c1sc(NCCCCOC(C)C)c(SC)c1N. The lowest BCUT2D eigenvalue weighted by molar-refractivity contribution is 0.0765. The van der Waals surface area contributed by atoms with Crippen LogP contribution in [0.5, 0.6) is 0 Å². The van der Waals surface area contributed by atoms with E-state index in [4.69, 9.17) is 10.5 Å². The Bertz CT molecular complexity index is 461. The predicted octanol–water partition coefficient (Wildman–Crippen LogP) is 3.03. The van der Waals surface area contributed by atoms with Crippen molar-refractivity contribution in [1.29, 1.82) is 0 Å². The first-order chi connectivity index (χ1) is 10.0. The summed E-state index contributed by atoms with van der Waals surface area (Å²) in [5.41, 5.74) is 6.61. The normalized spacial score (nSPS) is 10.9. The van der Waals surface area contributed by atoms with E-state index in [1.165, 1.54) is 11.3 Å². The molecule has 0 radical (unpaired) electrons. The maximum absolute atomic E-state index is 11.8. The summed E-state index contributed by atoms with van der Waals surface area (Å²) in [6, 6.07) is 0. The molecule has 4 N–H and O–H groups in total. The van der Waals surface area contributed by atoms with Crippen molar-refractivity contribution in [3.05, 3.63) is 4.88 Å². The number of thiophene rings is 1. The largest absolute Gasteiger partial charge is 0.396 e. The van der Waals surface area contributed by atoms with E-state index in [9.17, 15) is 4.79 Å². The predicted molar refractivity (Wildman–Crippen MR) is 92.7 cm³/mol. The number of carbonyl (C=O) groups is 1. The number of thioether (sulfide) groups is 1. The quantitative estimate of drug-likeness (QED) is 0.479. The van der Waals surface area contributed by atoms with E-state index >= 15 is 0 Å². The number of hydrogen-bond donors (Lipinski definition) is 3. The lowest BCUT2D eigenvalue weighted by atomic mass is 10.3. The highest BCUT2D eigenvalue weighted by Gasteiger charge is 2.19. The van der Waals surface area contributed by atoms with E-state index in [2.05, 4.69) is 10.6 Å². The van der Waals surface area contributed by atoms with Gasteiger partial charge >= 0.3 is 0 Å². The maximum atomic E-state index is 11.8. The molecule has 21 heavy (non-hydrogen) atoms. The van der Waals surface area contributed by atoms with Crippen LogP contribution in [0.15, 0.2) is 4.90 Å².